The molecule has 0 fully saturated rings. The van der Waals surface area contributed by atoms with Crippen molar-refractivity contribution < 1.29 is 5.11 Å². The number of aliphatic hydroxyl groups excluding tert-OH is 1. The largest absolute Gasteiger partial charge is 0.392 e. The number of allylic oxidation sites excluding steroid dienone is 1. The van der Waals surface area contributed by atoms with Crippen LogP contribution in [0.3, 0.4) is 0 Å². The third kappa shape index (κ3) is 13.6. The first-order chi connectivity index (χ1) is 8.31. The number of rotatable bonds is 12. The Morgan fingerprint density at radius 3 is 1.76 bits per heavy atom. The van der Waals surface area contributed by atoms with Gasteiger partial charge in [0.1, 0.15) is 0 Å². The van der Waals surface area contributed by atoms with Crippen LogP contribution < -0.4 is 0 Å². The van der Waals surface area contributed by atoms with Crippen LogP contribution in [0.4, 0.5) is 0 Å². The minimum absolute atomic E-state index is 0.198. The Bertz CT molecular complexity index is 172. The number of unbranched alkanes of at least 4 members (excludes halogenated alkanes) is 9. The van der Waals surface area contributed by atoms with E-state index in [1.54, 1.807) is 0 Å². The monoisotopic (exact) mass is 240 g/mol. The van der Waals surface area contributed by atoms with Gasteiger partial charge in [0.15, 0.2) is 0 Å². The Morgan fingerprint density at radius 2 is 1.29 bits per heavy atom. The van der Waals surface area contributed by atoms with Crippen LogP contribution in [0.2, 0.25) is 0 Å². The Balaban J connectivity index is 3.06. The van der Waals surface area contributed by atoms with Crippen LogP contribution in [0.1, 0.15) is 84.5 Å². The maximum atomic E-state index is 8.72. The molecule has 0 spiro atoms. The number of aliphatic hydroxyl groups is 1. The van der Waals surface area contributed by atoms with Gasteiger partial charge in [0.25, 0.3) is 0 Å². The summed E-state index contributed by atoms with van der Waals surface area (Å²) in [5.41, 5.74) is 1.34. The zero-order valence-electron chi connectivity index (χ0n) is 12.0. The van der Waals surface area contributed by atoms with Crippen molar-refractivity contribution in [2.45, 2.75) is 84.5 Å². The summed E-state index contributed by atoms with van der Waals surface area (Å²) < 4.78 is 0. The molecule has 0 bridgehead atoms. The van der Waals surface area contributed by atoms with Gasteiger partial charge in [-0.2, -0.15) is 0 Å². The van der Waals surface area contributed by atoms with E-state index < -0.39 is 0 Å². The van der Waals surface area contributed by atoms with E-state index in [9.17, 15) is 0 Å². The van der Waals surface area contributed by atoms with E-state index in [4.69, 9.17) is 5.11 Å². The quantitative estimate of drug-likeness (QED) is 0.365. The molecule has 0 aliphatic carbocycles. The second-order valence-corrected chi connectivity index (χ2v) is 5.17. The molecule has 17 heavy (non-hydrogen) atoms. The summed E-state index contributed by atoms with van der Waals surface area (Å²) in [6, 6.07) is 0. The SMILES string of the molecule is CCCCCCCCCCCC/C(C)=C/CO. The molecule has 0 aromatic heterocycles. The van der Waals surface area contributed by atoms with E-state index in [0.29, 0.717) is 0 Å². The van der Waals surface area contributed by atoms with Gasteiger partial charge in [-0.1, -0.05) is 76.4 Å². The second kappa shape index (κ2) is 13.8. The summed E-state index contributed by atoms with van der Waals surface area (Å²) in [6.45, 7) is 4.58. The molecule has 0 rings (SSSR count). The fourth-order valence-corrected chi connectivity index (χ4v) is 2.15. The lowest BCUT2D eigenvalue weighted by Crippen LogP contribution is -1.84. The first-order valence-electron chi connectivity index (χ1n) is 7.57. The van der Waals surface area contributed by atoms with Crippen LogP contribution >= 0.6 is 0 Å². The molecule has 102 valence electrons. The molecular formula is C16H32O. The smallest absolute Gasteiger partial charge is 0.0614 e. The third-order valence-corrected chi connectivity index (χ3v) is 3.36. The van der Waals surface area contributed by atoms with Gasteiger partial charge in [-0.15, -0.1) is 0 Å². The van der Waals surface area contributed by atoms with Gasteiger partial charge in [0.2, 0.25) is 0 Å². The molecular weight excluding hydrogens is 208 g/mol. The van der Waals surface area contributed by atoms with Gasteiger partial charge in [-0.25, -0.2) is 0 Å². The summed E-state index contributed by atoms with van der Waals surface area (Å²) in [5, 5.41) is 8.72. The Hall–Kier alpha value is -0.300. The average molecular weight is 240 g/mol. The van der Waals surface area contributed by atoms with Crippen molar-refractivity contribution in [3.8, 4) is 0 Å². The van der Waals surface area contributed by atoms with Gasteiger partial charge in [-0.3, -0.25) is 0 Å². The highest BCUT2D eigenvalue weighted by Gasteiger charge is 1.93. The molecule has 0 saturated heterocycles. The third-order valence-electron chi connectivity index (χ3n) is 3.36. The molecule has 0 unspecified atom stereocenters. The Kier molecular flexibility index (Phi) is 13.5. The highest BCUT2D eigenvalue weighted by atomic mass is 16.2. The number of hydrogen-bond donors (Lipinski definition) is 1. The van der Waals surface area contributed by atoms with Crippen molar-refractivity contribution in [2.75, 3.05) is 6.61 Å². The maximum Gasteiger partial charge on any atom is 0.0614 e. The summed E-state index contributed by atoms with van der Waals surface area (Å²) in [5.74, 6) is 0. The van der Waals surface area contributed by atoms with Crippen LogP contribution in [-0.4, -0.2) is 11.7 Å². The van der Waals surface area contributed by atoms with Crippen molar-refractivity contribution >= 4 is 0 Å². The summed E-state index contributed by atoms with van der Waals surface area (Å²) in [7, 11) is 0. The van der Waals surface area contributed by atoms with Gasteiger partial charge < -0.3 is 5.11 Å². The molecule has 0 radical (unpaired) electrons. The van der Waals surface area contributed by atoms with Crippen molar-refractivity contribution in [1.29, 1.82) is 0 Å². The zero-order valence-corrected chi connectivity index (χ0v) is 12.0. The lowest BCUT2D eigenvalue weighted by Gasteiger charge is -2.03. The van der Waals surface area contributed by atoms with Gasteiger partial charge >= 0.3 is 0 Å². The fourth-order valence-electron chi connectivity index (χ4n) is 2.15. The lowest BCUT2D eigenvalue weighted by atomic mass is 10.0. The summed E-state index contributed by atoms with van der Waals surface area (Å²) >= 11 is 0. The van der Waals surface area contributed by atoms with Crippen molar-refractivity contribution in [2.24, 2.45) is 0 Å². The normalized spacial score (nSPS) is 12.1. The predicted octanol–water partition coefficient (Wildman–Crippen LogP) is 5.24. The highest BCUT2D eigenvalue weighted by molar-refractivity contribution is 4.97. The first kappa shape index (κ1) is 16.7. The Morgan fingerprint density at radius 1 is 0.824 bits per heavy atom. The van der Waals surface area contributed by atoms with Gasteiger partial charge in [-0.05, 0) is 19.8 Å². The lowest BCUT2D eigenvalue weighted by molar-refractivity contribution is 0.341. The molecule has 0 aliphatic heterocycles. The fraction of sp³-hybridized carbons (Fsp3) is 0.875. The minimum Gasteiger partial charge on any atom is -0.392 e. The van der Waals surface area contributed by atoms with E-state index in [2.05, 4.69) is 13.8 Å². The molecule has 0 heterocycles. The summed E-state index contributed by atoms with van der Waals surface area (Å²) in [6.07, 6.45) is 17.0. The first-order valence-corrected chi connectivity index (χ1v) is 7.57. The van der Waals surface area contributed by atoms with Crippen LogP contribution in [-0.2, 0) is 0 Å². The molecule has 1 heteroatoms. The van der Waals surface area contributed by atoms with Crippen molar-refractivity contribution in [1.82, 2.24) is 0 Å². The zero-order chi connectivity index (χ0) is 12.8. The van der Waals surface area contributed by atoms with Crippen molar-refractivity contribution in [3.05, 3.63) is 11.6 Å². The van der Waals surface area contributed by atoms with E-state index in [1.807, 2.05) is 6.08 Å². The number of hydrogen-bond acceptors (Lipinski definition) is 1. The topological polar surface area (TPSA) is 20.2 Å². The van der Waals surface area contributed by atoms with Crippen LogP contribution in [0.15, 0.2) is 11.6 Å². The molecule has 0 amide bonds. The van der Waals surface area contributed by atoms with E-state index >= 15 is 0 Å². The molecule has 0 aromatic rings. The van der Waals surface area contributed by atoms with Gasteiger partial charge in [0, 0.05) is 0 Å². The van der Waals surface area contributed by atoms with Crippen LogP contribution in [0.5, 0.6) is 0 Å². The van der Waals surface area contributed by atoms with E-state index in [0.717, 1.165) is 6.42 Å². The van der Waals surface area contributed by atoms with Crippen LogP contribution in [0.25, 0.3) is 0 Å². The second-order valence-electron chi connectivity index (χ2n) is 5.17. The molecule has 0 atom stereocenters. The Labute approximate surface area is 108 Å². The van der Waals surface area contributed by atoms with Crippen LogP contribution in [0, 0.1) is 0 Å². The highest BCUT2D eigenvalue weighted by Crippen LogP contribution is 2.13. The molecule has 0 saturated carbocycles. The minimum atomic E-state index is 0.198. The molecule has 1 nitrogen and oxygen atoms in total. The predicted molar refractivity (Wildman–Crippen MR) is 77.3 cm³/mol. The summed E-state index contributed by atoms with van der Waals surface area (Å²) in [4.78, 5) is 0. The van der Waals surface area contributed by atoms with E-state index in [-0.39, 0.29) is 6.61 Å². The van der Waals surface area contributed by atoms with Gasteiger partial charge in [0.05, 0.1) is 6.61 Å². The molecule has 0 aliphatic rings. The molecule has 0 aromatic carbocycles. The standard InChI is InChI=1S/C16H32O/c1-3-4-5-6-7-8-9-10-11-12-13-16(2)14-15-17/h14,17H,3-13,15H2,1-2H3/b16-14+. The van der Waals surface area contributed by atoms with Crippen molar-refractivity contribution in [3.63, 3.8) is 0 Å². The maximum absolute atomic E-state index is 8.72. The van der Waals surface area contributed by atoms with E-state index in [1.165, 1.54) is 69.8 Å². The average Bonchev–Trinajstić information content (AvgIpc) is 2.32. The molecule has 1 N–H and O–H groups in total.